The van der Waals surface area contributed by atoms with Gasteiger partial charge < -0.3 is 25.4 Å². The summed E-state index contributed by atoms with van der Waals surface area (Å²) in [6.07, 6.45) is 4.69. The summed E-state index contributed by atoms with van der Waals surface area (Å²) >= 11 is 0. The molecule has 232 valence electrons. The molecule has 0 spiro atoms. The fraction of sp³-hybridized carbons (Fsp3) is 0.500. The number of rotatable bonds is 14. The van der Waals surface area contributed by atoms with E-state index in [0.717, 1.165) is 55.5 Å². The number of nitrogens with one attached hydrogen (secondary N) is 2. The Morgan fingerprint density at radius 1 is 1.09 bits per heavy atom. The molecule has 2 heterocycles. The van der Waals surface area contributed by atoms with Gasteiger partial charge in [-0.1, -0.05) is 55.8 Å². The van der Waals surface area contributed by atoms with Crippen molar-refractivity contribution in [3.05, 3.63) is 83.2 Å². The molecule has 2 aromatic carbocycles. The zero-order chi connectivity index (χ0) is 30.8. The van der Waals surface area contributed by atoms with Gasteiger partial charge in [-0.3, -0.25) is 14.3 Å². The lowest BCUT2D eigenvalue weighted by atomic mass is 9.98. The minimum Gasteiger partial charge on any atom is -0.497 e. The third kappa shape index (κ3) is 8.45. The first-order chi connectivity index (χ1) is 20.8. The molecular weight excluding hydrogens is 542 g/mol. The second-order valence-corrected chi connectivity index (χ2v) is 11.4. The van der Waals surface area contributed by atoms with E-state index in [-0.39, 0.29) is 30.2 Å². The van der Waals surface area contributed by atoms with E-state index in [2.05, 4.69) is 22.7 Å². The van der Waals surface area contributed by atoms with Crippen molar-refractivity contribution in [2.45, 2.75) is 90.1 Å². The number of nitrogens with zero attached hydrogens (tertiary/aromatic N) is 3. The summed E-state index contributed by atoms with van der Waals surface area (Å²) < 4.78 is 6.97. The van der Waals surface area contributed by atoms with Gasteiger partial charge in [0.2, 0.25) is 0 Å². The van der Waals surface area contributed by atoms with Gasteiger partial charge in [0.05, 0.1) is 19.3 Å². The molecule has 4 rings (SSSR count). The fourth-order valence-corrected chi connectivity index (χ4v) is 5.85. The van der Waals surface area contributed by atoms with Crippen LogP contribution in [0, 0.1) is 0 Å². The highest BCUT2D eigenvalue weighted by Gasteiger charge is 2.31. The standard InChI is InChI=1S/C34H47N5O4/c1-5-13-27-17-10-11-19-38(27)34(42)31-22-30(37-39(31)6-2)33(41)36-29(20-25-14-8-7-9-15-25)32(40)23-35-24(3)26-16-12-18-28(21-26)43-4/h7-9,12,14-16,18,21-22,24,27,29,32,35,40H,5-6,10-11,13,17,19-20,23H2,1-4H3,(H,36,41)/t24-,27?,29+,32-/m1/s1. The van der Waals surface area contributed by atoms with Gasteiger partial charge in [-0.2, -0.15) is 5.10 Å². The molecule has 2 amide bonds. The van der Waals surface area contributed by atoms with Crippen LogP contribution in [0.4, 0.5) is 0 Å². The van der Waals surface area contributed by atoms with E-state index in [1.165, 1.54) is 0 Å². The van der Waals surface area contributed by atoms with Crippen molar-refractivity contribution < 1.29 is 19.4 Å². The summed E-state index contributed by atoms with van der Waals surface area (Å²) in [4.78, 5) is 29.2. The topological polar surface area (TPSA) is 109 Å². The molecule has 9 nitrogen and oxygen atoms in total. The van der Waals surface area contributed by atoms with Crippen molar-refractivity contribution in [2.24, 2.45) is 0 Å². The Hall–Kier alpha value is -3.69. The number of carbonyl (C=O) groups excluding carboxylic acids is 2. The maximum Gasteiger partial charge on any atom is 0.272 e. The second kappa shape index (κ2) is 15.7. The van der Waals surface area contributed by atoms with Gasteiger partial charge in [-0.25, -0.2) is 0 Å². The van der Waals surface area contributed by atoms with E-state index in [1.807, 2.05) is 73.3 Å². The van der Waals surface area contributed by atoms with E-state index < -0.39 is 18.1 Å². The molecule has 1 saturated heterocycles. The summed E-state index contributed by atoms with van der Waals surface area (Å²) in [5.74, 6) is 0.292. The lowest BCUT2D eigenvalue weighted by Gasteiger charge is -2.35. The number of amides is 2. The average molecular weight is 590 g/mol. The Labute approximate surface area is 255 Å². The summed E-state index contributed by atoms with van der Waals surface area (Å²) in [6, 6.07) is 18.8. The van der Waals surface area contributed by atoms with Gasteiger partial charge in [-0.05, 0) is 69.2 Å². The summed E-state index contributed by atoms with van der Waals surface area (Å²) in [7, 11) is 1.64. The highest BCUT2D eigenvalue weighted by molar-refractivity contribution is 5.98. The third-order valence-corrected chi connectivity index (χ3v) is 8.35. The zero-order valence-corrected chi connectivity index (χ0v) is 26.0. The maximum absolute atomic E-state index is 13.7. The number of aryl methyl sites for hydroxylation is 1. The molecule has 3 N–H and O–H groups in total. The van der Waals surface area contributed by atoms with Gasteiger partial charge in [-0.15, -0.1) is 0 Å². The largest absolute Gasteiger partial charge is 0.497 e. The van der Waals surface area contributed by atoms with Crippen molar-refractivity contribution in [3.63, 3.8) is 0 Å². The molecule has 4 atom stereocenters. The first-order valence-corrected chi connectivity index (χ1v) is 15.6. The monoisotopic (exact) mass is 589 g/mol. The Bertz CT molecular complexity index is 1330. The number of hydrogen-bond donors (Lipinski definition) is 3. The molecule has 1 unspecified atom stereocenters. The predicted octanol–water partition coefficient (Wildman–Crippen LogP) is 4.76. The van der Waals surface area contributed by atoms with Crippen LogP contribution >= 0.6 is 0 Å². The maximum atomic E-state index is 13.7. The number of aliphatic hydroxyl groups excluding tert-OH is 1. The highest BCUT2D eigenvalue weighted by Crippen LogP contribution is 2.24. The number of aliphatic hydroxyl groups is 1. The summed E-state index contributed by atoms with van der Waals surface area (Å²) in [5, 5.41) is 22.2. The SMILES string of the molecule is CCCC1CCCCN1C(=O)c1cc(C(=O)N[C@@H](Cc2ccccc2)[C@H](O)CN[C@H](C)c2cccc(OC)c2)nn1CC. The van der Waals surface area contributed by atoms with Crippen molar-refractivity contribution in [2.75, 3.05) is 20.2 Å². The molecule has 0 saturated carbocycles. The number of ether oxygens (including phenoxy) is 1. The lowest BCUT2D eigenvalue weighted by Crippen LogP contribution is -2.49. The van der Waals surface area contributed by atoms with Crippen molar-refractivity contribution in [3.8, 4) is 5.75 Å². The molecule has 43 heavy (non-hydrogen) atoms. The number of benzene rings is 2. The molecule has 0 aliphatic carbocycles. The minimum absolute atomic E-state index is 0.0435. The second-order valence-electron chi connectivity index (χ2n) is 11.4. The van der Waals surface area contributed by atoms with Crippen LogP contribution in [-0.4, -0.2) is 70.0 Å². The number of aromatic nitrogens is 2. The fourth-order valence-electron chi connectivity index (χ4n) is 5.85. The molecule has 0 radical (unpaired) electrons. The van der Waals surface area contributed by atoms with Crippen LogP contribution in [0.1, 0.15) is 91.0 Å². The molecule has 1 aromatic heterocycles. The summed E-state index contributed by atoms with van der Waals surface area (Å²) in [6.45, 7) is 7.55. The highest BCUT2D eigenvalue weighted by atomic mass is 16.5. The molecule has 1 fully saturated rings. The van der Waals surface area contributed by atoms with Crippen molar-refractivity contribution >= 4 is 11.8 Å². The molecule has 3 aromatic rings. The van der Waals surface area contributed by atoms with Crippen LogP contribution < -0.4 is 15.4 Å². The first-order valence-electron chi connectivity index (χ1n) is 15.6. The normalized spacial score (nSPS) is 17.2. The van der Waals surface area contributed by atoms with Gasteiger partial charge in [0.1, 0.15) is 11.4 Å². The lowest BCUT2D eigenvalue weighted by molar-refractivity contribution is 0.0588. The molecule has 9 heteroatoms. The van der Waals surface area contributed by atoms with Gasteiger partial charge in [0, 0.05) is 37.8 Å². The van der Waals surface area contributed by atoms with Gasteiger partial charge in [0.15, 0.2) is 5.69 Å². The van der Waals surface area contributed by atoms with Crippen LogP contribution in [0.5, 0.6) is 5.75 Å². The predicted molar refractivity (Wildman–Crippen MR) is 168 cm³/mol. The van der Waals surface area contributed by atoms with Gasteiger partial charge in [0.25, 0.3) is 11.8 Å². The number of methoxy groups -OCH3 is 1. The van der Waals surface area contributed by atoms with E-state index in [9.17, 15) is 14.7 Å². The number of likely N-dealkylation sites (tertiary alicyclic amines) is 1. The Morgan fingerprint density at radius 3 is 2.60 bits per heavy atom. The molecule has 1 aliphatic heterocycles. The van der Waals surface area contributed by atoms with Crippen LogP contribution in [-0.2, 0) is 13.0 Å². The Balaban J connectivity index is 1.49. The van der Waals surface area contributed by atoms with E-state index >= 15 is 0 Å². The van der Waals surface area contributed by atoms with Crippen molar-refractivity contribution in [1.29, 1.82) is 0 Å². The Kier molecular flexibility index (Phi) is 11.8. The van der Waals surface area contributed by atoms with Crippen molar-refractivity contribution in [1.82, 2.24) is 25.3 Å². The van der Waals surface area contributed by atoms with Gasteiger partial charge >= 0.3 is 0 Å². The Morgan fingerprint density at radius 2 is 1.88 bits per heavy atom. The first kappa shape index (κ1) is 32.2. The molecular formula is C34H47N5O4. The van der Waals surface area contributed by atoms with Crippen LogP contribution in [0.15, 0.2) is 60.7 Å². The zero-order valence-electron chi connectivity index (χ0n) is 26.0. The molecule has 0 bridgehead atoms. The number of hydrogen-bond acceptors (Lipinski definition) is 6. The minimum atomic E-state index is -0.880. The van der Waals surface area contributed by atoms with E-state index in [0.29, 0.717) is 18.7 Å². The van der Waals surface area contributed by atoms with E-state index in [1.54, 1.807) is 17.9 Å². The van der Waals surface area contributed by atoms with Crippen LogP contribution in [0.2, 0.25) is 0 Å². The van der Waals surface area contributed by atoms with Crippen LogP contribution in [0.25, 0.3) is 0 Å². The average Bonchev–Trinajstić information content (AvgIpc) is 3.48. The quantitative estimate of drug-likeness (QED) is 0.250. The third-order valence-electron chi connectivity index (χ3n) is 8.35. The smallest absolute Gasteiger partial charge is 0.272 e. The molecule has 1 aliphatic rings. The number of carbonyl (C=O) groups is 2. The summed E-state index contributed by atoms with van der Waals surface area (Å²) in [5.41, 5.74) is 2.64. The number of piperidine rings is 1. The van der Waals surface area contributed by atoms with Crippen LogP contribution in [0.3, 0.4) is 0 Å². The van der Waals surface area contributed by atoms with E-state index in [4.69, 9.17) is 4.74 Å².